The second-order valence-corrected chi connectivity index (χ2v) is 3.64. The molecule has 16 heavy (non-hydrogen) atoms. The van der Waals surface area contributed by atoms with Gasteiger partial charge in [-0.25, -0.2) is 9.37 Å². The van der Waals surface area contributed by atoms with Gasteiger partial charge in [-0.1, -0.05) is 0 Å². The van der Waals surface area contributed by atoms with Crippen LogP contribution in [0.15, 0.2) is 6.20 Å². The van der Waals surface area contributed by atoms with Gasteiger partial charge in [0.25, 0.3) is 0 Å². The van der Waals surface area contributed by atoms with E-state index in [-0.39, 0.29) is 15.0 Å². The summed E-state index contributed by atoms with van der Waals surface area (Å²) in [6.45, 7) is -1.12. The van der Waals surface area contributed by atoms with Crippen molar-refractivity contribution < 1.29 is 27.0 Å². The van der Waals surface area contributed by atoms with Crippen LogP contribution in [0.3, 0.4) is 0 Å². The van der Waals surface area contributed by atoms with E-state index in [1.807, 2.05) is 0 Å². The highest BCUT2D eigenvalue weighted by Gasteiger charge is 2.34. The molecule has 0 radical (unpaired) electrons. The molecular formula is C8H6F4INO2. The quantitative estimate of drug-likeness (QED) is 0.477. The zero-order valence-corrected chi connectivity index (χ0v) is 10.1. The van der Waals surface area contributed by atoms with Crippen LogP contribution in [-0.2, 0) is 6.67 Å². The number of pyridine rings is 1. The fourth-order valence-corrected chi connectivity index (χ4v) is 1.60. The molecule has 90 valence electrons. The Morgan fingerprint density at radius 3 is 2.44 bits per heavy atom. The Kier molecular flexibility index (Phi) is 4.16. The van der Waals surface area contributed by atoms with Crippen LogP contribution >= 0.6 is 22.6 Å². The van der Waals surface area contributed by atoms with Gasteiger partial charge in [0.15, 0.2) is 11.5 Å². The molecule has 0 unspecified atom stereocenters. The fraction of sp³-hybridized carbons (Fsp3) is 0.375. The van der Waals surface area contributed by atoms with Gasteiger partial charge in [-0.05, 0) is 22.6 Å². The monoisotopic (exact) mass is 351 g/mol. The maximum Gasteiger partial charge on any atom is 0.573 e. The molecule has 0 amide bonds. The molecule has 1 aromatic rings. The first-order valence-electron chi connectivity index (χ1n) is 3.92. The summed E-state index contributed by atoms with van der Waals surface area (Å²) in [4.78, 5) is 3.69. The summed E-state index contributed by atoms with van der Waals surface area (Å²) in [6, 6.07) is 0. The molecule has 1 aromatic heterocycles. The number of methoxy groups -OCH3 is 1. The highest BCUT2D eigenvalue weighted by molar-refractivity contribution is 14.1. The van der Waals surface area contributed by atoms with E-state index in [4.69, 9.17) is 4.74 Å². The van der Waals surface area contributed by atoms with Gasteiger partial charge in [-0.2, -0.15) is 0 Å². The lowest BCUT2D eigenvalue weighted by Gasteiger charge is -2.15. The molecule has 0 aromatic carbocycles. The maximum atomic E-state index is 12.5. The Morgan fingerprint density at radius 1 is 1.38 bits per heavy atom. The average molecular weight is 351 g/mol. The molecule has 0 aliphatic carbocycles. The number of aromatic nitrogens is 1. The number of nitrogens with zero attached hydrogens (tertiary/aromatic N) is 1. The Balaban J connectivity index is 3.25. The van der Waals surface area contributed by atoms with Crippen LogP contribution in [0.2, 0.25) is 0 Å². The van der Waals surface area contributed by atoms with Crippen molar-refractivity contribution in [2.75, 3.05) is 7.11 Å². The number of hydrogen-bond donors (Lipinski definition) is 0. The van der Waals surface area contributed by atoms with Gasteiger partial charge in [-0.15, -0.1) is 13.2 Å². The van der Waals surface area contributed by atoms with Gasteiger partial charge < -0.3 is 9.47 Å². The van der Waals surface area contributed by atoms with Crippen molar-refractivity contribution >= 4 is 22.6 Å². The van der Waals surface area contributed by atoms with E-state index in [0.717, 1.165) is 13.3 Å². The van der Waals surface area contributed by atoms with Crippen molar-refractivity contribution in [3.05, 3.63) is 15.5 Å². The summed E-state index contributed by atoms with van der Waals surface area (Å²) in [7, 11) is 1.16. The first-order chi connectivity index (χ1) is 7.39. The molecule has 0 fully saturated rings. The molecule has 1 rings (SSSR count). The summed E-state index contributed by atoms with van der Waals surface area (Å²) in [6.07, 6.45) is -3.92. The van der Waals surface area contributed by atoms with Crippen LogP contribution in [0.4, 0.5) is 17.6 Å². The molecule has 0 saturated heterocycles. The van der Waals surface area contributed by atoms with Crippen molar-refractivity contribution in [2.45, 2.75) is 13.0 Å². The van der Waals surface area contributed by atoms with Crippen molar-refractivity contribution in [2.24, 2.45) is 0 Å². The maximum absolute atomic E-state index is 12.5. The lowest BCUT2D eigenvalue weighted by Crippen LogP contribution is -2.19. The van der Waals surface area contributed by atoms with Gasteiger partial charge in [0.05, 0.1) is 7.11 Å². The molecule has 0 atom stereocenters. The first kappa shape index (κ1) is 13.3. The third-order valence-electron chi connectivity index (χ3n) is 1.58. The Labute approximate surface area is 102 Å². The van der Waals surface area contributed by atoms with Crippen LogP contribution in [0.25, 0.3) is 0 Å². The minimum absolute atomic E-state index is 0.163. The van der Waals surface area contributed by atoms with Gasteiger partial charge in [0, 0.05) is 11.8 Å². The third-order valence-corrected chi connectivity index (χ3v) is 2.35. The Bertz CT molecular complexity index is 383. The average Bonchev–Trinajstić information content (AvgIpc) is 2.16. The summed E-state index contributed by atoms with van der Waals surface area (Å²) in [5.74, 6) is -0.912. The molecule has 0 aliphatic heterocycles. The van der Waals surface area contributed by atoms with E-state index in [1.54, 1.807) is 22.6 Å². The van der Waals surface area contributed by atoms with Crippen LogP contribution in [0.5, 0.6) is 11.5 Å². The number of halogens is 5. The lowest BCUT2D eigenvalue weighted by molar-refractivity contribution is -0.275. The van der Waals surface area contributed by atoms with E-state index >= 15 is 0 Å². The van der Waals surface area contributed by atoms with Crippen LogP contribution in [-0.4, -0.2) is 18.5 Å². The minimum atomic E-state index is -4.90. The Morgan fingerprint density at radius 2 is 2.00 bits per heavy atom. The normalized spacial score (nSPS) is 11.4. The van der Waals surface area contributed by atoms with E-state index in [1.165, 1.54) is 0 Å². The zero-order chi connectivity index (χ0) is 12.3. The Hall–Kier alpha value is -0.800. The predicted molar refractivity (Wildman–Crippen MR) is 55.0 cm³/mol. The van der Waals surface area contributed by atoms with Crippen molar-refractivity contribution in [3.63, 3.8) is 0 Å². The van der Waals surface area contributed by atoms with Crippen LogP contribution in [0.1, 0.15) is 5.56 Å². The van der Waals surface area contributed by atoms with E-state index in [2.05, 4.69) is 9.72 Å². The van der Waals surface area contributed by atoms with Gasteiger partial charge in [0.1, 0.15) is 10.4 Å². The number of hydrogen-bond acceptors (Lipinski definition) is 3. The fourth-order valence-electron chi connectivity index (χ4n) is 0.991. The highest BCUT2D eigenvalue weighted by Crippen LogP contribution is 2.38. The summed E-state index contributed by atoms with van der Waals surface area (Å²) in [5.41, 5.74) is -0.311. The molecule has 1 heterocycles. The molecule has 3 nitrogen and oxygen atoms in total. The molecule has 0 aliphatic rings. The second-order valence-electron chi connectivity index (χ2n) is 2.62. The van der Waals surface area contributed by atoms with Crippen molar-refractivity contribution in [3.8, 4) is 11.5 Å². The summed E-state index contributed by atoms with van der Waals surface area (Å²) in [5, 5.41) is 0. The SMILES string of the molecule is COc1c(I)ncc(CF)c1OC(F)(F)F. The molecule has 0 N–H and O–H groups in total. The van der Waals surface area contributed by atoms with Crippen LogP contribution in [0, 0.1) is 3.70 Å². The highest BCUT2D eigenvalue weighted by atomic mass is 127. The smallest absolute Gasteiger partial charge is 0.490 e. The predicted octanol–water partition coefficient (Wildman–Crippen LogP) is 3.06. The van der Waals surface area contributed by atoms with Gasteiger partial charge >= 0.3 is 6.36 Å². The number of alkyl halides is 4. The van der Waals surface area contributed by atoms with Crippen LogP contribution < -0.4 is 9.47 Å². The lowest BCUT2D eigenvalue weighted by atomic mass is 10.2. The second kappa shape index (κ2) is 5.02. The van der Waals surface area contributed by atoms with E-state index in [0.29, 0.717) is 0 Å². The summed E-state index contributed by atoms with van der Waals surface area (Å²) >= 11 is 1.66. The summed E-state index contributed by atoms with van der Waals surface area (Å²) < 4.78 is 57.3. The molecule has 0 bridgehead atoms. The van der Waals surface area contributed by atoms with E-state index < -0.39 is 18.8 Å². The minimum Gasteiger partial charge on any atom is -0.490 e. The molecule has 0 spiro atoms. The van der Waals surface area contributed by atoms with Gasteiger partial charge in [0.2, 0.25) is 0 Å². The molecule has 0 saturated carbocycles. The van der Waals surface area contributed by atoms with Gasteiger partial charge in [-0.3, -0.25) is 0 Å². The number of ether oxygens (including phenoxy) is 2. The standard InChI is InChI=1S/C8H6F4INO2/c1-15-6-5(16-8(10,11)12)4(2-9)3-14-7(6)13/h3H,2H2,1H3. The largest absolute Gasteiger partial charge is 0.573 e. The zero-order valence-electron chi connectivity index (χ0n) is 7.94. The third kappa shape index (κ3) is 3.09. The number of rotatable bonds is 3. The topological polar surface area (TPSA) is 31.4 Å². The molecule has 8 heteroatoms. The van der Waals surface area contributed by atoms with E-state index in [9.17, 15) is 17.6 Å². The first-order valence-corrected chi connectivity index (χ1v) is 5.00. The molecular weight excluding hydrogens is 345 g/mol. The van der Waals surface area contributed by atoms with Crippen molar-refractivity contribution in [1.29, 1.82) is 0 Å². The van der Waals surface area contributed by atoms with Crippen molar-refractivity contribution in [1.82, 2.24) is 4.98 Å².